The van der Waals surface area contributed by atoms with Crippen LogP contribution in [0.4, 0.5) is 0 Å². The maximum atomic E-state index is 12.3. The predicted octanol–water partition coefficient (Wildman–Crippen LogP) is 4.95. The number of hydrogen-bond donors (Lipinski definition) is 0. The van der Waals surface area contributed by atoms with Crippen molar-refractivity contribution < 1.29 is 14.0 Å². The van der Waals surface area contributed by atoms with Crippen LogP contribution in [0.2, 0.25) is 18.1 Å². The zero-order valence-electron chi connectivity index (χ0n) is 14.8. The lowest BCUT2D eigenvalue weighted by Gasteiger charge is -2.41. The molecule has 2 atom stereocenters. The highest BCUT2D eigenvalue weighted by Crippen LogP contribution is 2.39. The van der Waals surface area contributed by atoms with Crippen LogP contribution in [0.1, 0.15) is 44.0 Å². The van der Waals surface area contributed by atoms with Crippen molar-refractivity contribution in [1.82, 2.24) is 0 Å². The Bertz CT molecular complexity index is 558. The van der Waals surface area contributed by atoms with Crippen LogP contribution in [0.15, 0.2) is 42.5 Å². The third-order valence-electron chi connectivity index (χ3n) is 4.84. The quantitative estimate of drug-likeness (QED) is 0.444. The van der Waals surface area contributed by atoms with Gasteiger partial charge in [-0.05, 0) is 36.7 Å². The maximum absolute atomic E-state index is 12.3. The van der Waals surface area contributed by atoms with Gasteiger partial charge in [0.05, 0.1) is 11.7 Å². The zero-order chi connectivity index (χ0) is 17.1. The summed E-state index contributed by atoms with van der Waals surface area (Å²) in [6, 6.07) is 9.15. The van der Waals surface area contributed by atoms with Crippen molar-refractivity contribution in [3.63, 3.8) is 0 Å². The molecule has 0 heterocycles. The van der Waals surface area contributed by atoms with E-state index in [1.54, 1.807) is 12.1 Å². The highest BCUT2D eigenvalue weighted by Gasteiger charge is 2.41. The van der Waals surface area contributed by atoms with Gasteiger partial charge in [0.1, 0.15) is 6.10 Å². The van der Waals surface area contributed by atoms with E-state index in [0.29, 0.717) is 5.56 Å². The third-order valence-corrected chi connectivity index (χ3v) is 9.34. The van der Waals surface area contributed by atoms with Crippen molar-refractivity contribution in [1.29, 1.82) is 0 Å². The van der Waals surface area contributed by atoms with Gasteiger partial charge >= 0.3 is 5.97 Å². The van der Waals surface area contributed by atoms with Crippen LogP contribution >= 0.6 is 0 Å². The molecule has 0 spiro atoms. The second-order valence-corrected chi connectivity index (χ2v) is 12.4. The Balaban J connectivity index is 2.08. The lowest BCUT2D eigenvalue weighted by atomic mass is 10.0. The first kappa shape index (κ1) is 18.0. The molecule has 0 N–H and O–H groups in total. The van der Waals surface area contributed by atoms with Crippen LogP contribution in [0.5, 0.6) is 0 Å². The Morgan fingerprint density at radius 2 is 1.61 bits per heavy atom. The Kier molecular flexibility index (Phi) is 5.47. The first-order valence-electron chi connectivity index (χ1n) is 8.29. The number of rotatable bonds is 4. The largest absolute Gasteiger partial charge is 0.456 e. The Morgan fingerprint density at radius 1 is 1.04 bits per heavy atom. The molecule has 0 bridgehead atoms. The summed E-state index contributed by atoms with van der Waals surface area (Å²) >= 11 is 0. The highest BCUT2D eigenvalue weighted by molar-refractivity contribution is 6.74. The summed E-state index contributed by atoms with van der Waals surface area (Å²) in [7, 11) is -1.89. The Hall–Kier alpha value is -1.39. The summed E-state index contributed by atoms with van der Waals surface area (Å²) in [6.45, 7) is 11.2. The number of ether oxygens (including phenoxy) is 1. The minimum absolute atomic E-state index is 0.0476. The molecule has 3 nitrogen and oxygen atoms in total. The fourth-order valence-corrected chi connectivity index (χ4v) is 3.71. The molecule has 0 radical (unpaired) electrons. The average molecular weight is 333 g/mol. The number of carbonyl (C=O) groups excluding carboxylic acids is 1. The van der Waals surface area contributed by atoms with Crippen molar-refractivity contribution >= 4 is 14.3 Å². The molecule has 0 amide bonds. The molecule has 0 aliphatic heterocycles. The van der Waals surface area contributed by atoms with Crippen LogP contribution in [0.25, 0.3) is 0 Å². The molecular formula is C19H28O3Si. The van der Waals surface area contributed by atoms with Gasteiger partial charge in [-0.2, -0.15) is 0 Å². The zero-order valence-corrected chi connectivity index (χ0v) is 15.8. The normalized spacial score (nSPS) is 22.0. The summed E-state index contributed by atoms with van der Waals surface area (Å²) in [5.74, 6) is -0.269. The van der Waals surface area contributed by atoms with Crippen LogP contribution in [-0.2, 0) is 9.16 Å². The highest BCUT2D eigenvalue weighted by atomic mass is 28.4. The lowest BCUT2D eigenvalue weighted by molar-refractivity contribution is -0.0140. The molecule has 0 unspecified atom stereocenters. The summed E-state index contributed by atoms with van der Waals surface area (Å²) in [5, 5.41) is 0.141. The van der Waals surface area contributed by atoms with E-state index in [1.807, 2.05) is 18.2 Å². The van der Waals surface area contributed by atoms with E-state index in [2.05, 4.69) is 46.0 Å². The number of esters is 1. The fourth-order valence-electron chi connectivity index (χ4n) is 2.35. The molecule has 2 rings (SSSR count). The van der Waals surface area contributed by atoms with Gasteiger partial charge in [0.25, 0.3) is 0 Å². The molecule has 126 valence electrons. The van der Waals surface area contributed by atoms with Gasteiger partial charge in [-0.1, -0.05) is 51.1 Å². The second kappa shape index (κ2) is 7.01. The number of benzene rings is 1. The van der Waals surface area contributed by atoms with Crippen LogP contribution in [-0.4, -0.2) is 26.5 Å². The first-order valence-corrected chi connectivity index (χ1v) is 11.2. The summed E-state index contributed by atoms with van der Waals surface area (Å²) in [5.41, 5.74) is 0.591. The lowest BCUT2D eigenvalue weighted by Crippen LogP contribution is -2.48. The molecular weight excluding hydrogens is 304 g/mol. The van der Waals surface area contributed by atoms with E-state index < -0.39 is 8.32 Å². The molecule has 0 saturated heterocycles. The molecule has 4 heteroatoms. The van der Waals surface area contributed by atoms with Crippen molar-refractivity contribution in [2.24, 2.45) is 0 Å². The monoisotopic (exact) mass is 332 g/mol. The first-order chi connectivity index (χ1) is 10.7. The topological polar surface area (TPSA) is 35.5 Å². The van der Waals surface area contributed by atoms with Crippen molar-refractivity contribution in [3.8, 4) is 0 Å². The molecule has 0 saturated carbocycles. The molecule has 1 aliphatic carbocycles. The smallest absolute Gasteiger partial charge is 0.338 e. The van der Waals surface area contributed by atoms with E-state index in [-0.39, 0.29) is 23.2 Å². The average Bonchev–Trinajstić information content (AvgIpc) is 2.48. The Morgan fingerprint density at radius 3 is 2.17 bits per heavy atom. The van der Waals surface area contributed by atoms with Gasteiger partial charge in [0.15, 0.2) is 8.32 Å². The van der Waals surface area contributed by atoms with Gasteiger partial charge in [0.2, 0.25) is 0 Å². The Labute approximate surface area is 140 Å². The third kappa shape index (κ3) is 4.55. The molecule has 1 aliphatic rings. The summed E-state index contributed by atoms with van der Waals surface area (Å²) in [6.07, 6.45) is 5.48. The summed E-state index contributed by atoms with van der Waals surface area (Å²) in [4.78, 5) is 12.3. The second-order valence-electron chi connectivity index (χ2n) is 7.67. The van der Waals surface area contributed by atoms with Gasteiger partial charge in [-0.15, -0.1) is 0 Å². The van der Waals surface area contributed by atoms with Crippen molar-refractivity contribution in [2.75, 3.05) is 0 Å². The van der Waals surface area contributed by atoms with E-state index in [0.717, 1.165) is 12.8 Å². The van der Waals surface area contributed by atoms with Gasteiger partial charge < -0.3 is 9.16 Å². The van der Waals surface area contributed by atoms with Gasteiger partial charge in [-0.3, -0.25) is 0 Å². The standard InChI is InChI=1S/C19H28O3Si/c1-19(2,3)23(4,5)22-17-14-10-9-13-16(17)21-18(20)15-11-7-6-8-12-15/h6-12,16-17H,13-14H2,1-5H3/t16-,17+/m0/s1. The van der Waals surface area contributed by atoms with Crippen LogP contribution in [0, 0.1) is 0 Å². The minimum atomic E-state index is -1.89. The van der Waals surface area contributed by atoms with E-state index in [4.69, 9.17) is 9.16 Å². The van der Waals surface area contributed by atoms with Gasteiger partial charge in [0, 0.05) is 6.42 Å². The SMILES string of the molecule is CC(C)(C)[Si](C)(C)O[C@@H]1CC=CC[C@@H]1OC(=O)c1ccccc1. The molecule has 1 aromatic carbocycles. The number of carbonyl (C=O) groups is 1. The van der Waals surface area contributed by atoms with Crippen LogP contribution in [0.3, 0.4) is 0 Å². The fraction of sp³-hybridized carbons (Fsp3) is 0.526. The molecule has 1 aromatic rings. The van der Waals surface area contributed by atoms with Crippen LogP contribution < -0.4 is 0 Å². The molecule has 23 heavy (non-hydrogen) atoms. The molecule has 0 aromatic heterocycles. The van der Waals surface area contributed by atoms with Crippen molar-refractivity contribution in [3.05, 3.63) is 48.0 Å². The maximum Gasteiger partial charge on any atom is 0.338 e. The van der Waals surface area contributed by atoms with Crippen molar-refractivity contribution in [2.45, 2.75) is 64.0 Å². The molecule has 0 fully saturated rings. The van der Waals surface area contributed by atoms with E-state index in [9.17, 15) is 4.79 Å². The minimum Gasteiger partial charge on any atom is -0.456 e. The number of hydrogen-bond acceptors (Lipinski definition) is 3. The predicted molar refractivity (Wildman–Crippen MR) is 96.1 cm³/mol. The van der Waals surface area contributed by atoms with E-state index >= 15 is 0 Å². The van der Waals surface area contributed by atoms with Gasteiger partial charge in [-0.25, -0.2) is 4.79 Å². The summed E-state index contributed by atoms with van der Waals surface area (Å²) < 4.78 is 12.3. The van der Waals surface area contributed by atoms with E-state index in [1.165, 1.54) is 0 Å².